The van der Waals surface area contributed by atoms with Gasteiger partial charge >= 0.3 is 0 Å². The summed E-state index contributed by atoms with van der Waals surface area (Å²) >= 11 is 0. The van der Waals surface area contributed by atoms with Crippen molar-refractivity contribution < 1.29 is 4.79 Å². The Labute approximate surface area is 134 Å². The molecule has 8 nitrogen and oxygen atoms in total. The van der Waals surface area contributed by atoms with Gasteiger partial charge in [-0.25, -0.2) is 4.98 Å². The van der Waals surface area contributed by atoms with Crippen LogP contribution >= 0.6 is 0 Å². The first-order valence-electron chi connectivity index (χ1n) is 7.79. The van der Waals surface area contributed by atoms with Gasteiger partial charge in [-0.15, -0.1) is 10.2 Å². The summed E-state index contributed by atoms with van der Waals surface area (Å²) in [5, 5.41) is 14.5. The van der Waals surface area contributed by atoms with Crippen LogP contribution in [0.1, 0.15) is 12.2 Å². The van der Waals surface area contributed by atoms with Gasteiger partial charge in [0.25, 0.3) is 0 Å². The Morgan fingerprint density at radius 1 is 1.35 bits per heavy atom. The number of piperazine rings is 1. The summed E-state index contributed by atoms with van der Waals surface area (Å²) in [6, 6.07) is 3.83. The zero-order valence-corrected chi connectivity index (χ0v) is 13.2. The van der Waals surface area contributed by atoms with E-state index in [0.29, 0.717) is 6.54 Å². The first kappa shape index (κ1) is 15.4. The molecule has 1 aliphatic heterocycles. The molecule has 1 saturated heterocycles. The van der Waals surface area contributed by atoms with Crippen LogP contribution in [0.4, 0.5) is 5.82 Å². The Balaban J connectivity index is 1.44. The molecule has 2 aromatic heterocycles. The topological polar surface area (TPSA) is 88.0 Å². The van der Waals surface area contributed by atoms with Crippen molar-refractivity contribution in [1.82, 2.24) is 30.0 Å². The van der Waals surface area contributed by atoms with Gasteiger partial charge in [-0.2, -0.15) is 0 Å². The van der Waals surface area contributed by atoms with E-state index in [4.69, 9.17) is 0 Å². The fourth-order valence-electron chi connectivity index (χ4n) is 2.57. The van der Waals surface area contributed by atoms with Crippen LogP contribution < -0.4 is 10.6 Å². The summed E-state index contributed by atoms with van der Waals surface area (Å²) in [5.41, 5.74) is 0. The third-order valence-electron chi connectivity index (χ3n) is 3.80. The van der Waals surface area contributed by atoms with Gasteiger partial charge in [-0.1, -0.05) is 0 Å². The molecule has 0 atom stereocenters. The highest BCUT2D eigenvalue weighted by atomic mass is 16.2. The number of imidazole rings is 1. The van der Waals surface area contributed by atoms with Gasteiger partial charge in [-0.3, -0.25) is 14.3 Å². The first-order chi connectivity index (χ1) is 11.2. The lowest BCUT2D eigenvalue weighted by Gasteiger charge is -2.26. The number of hydrogen-bond acceptors (Lipinski definition) is 6. The molecular weight excluding hydrogens is 294 g/mol. The van der Waals surface area contributed by atoms with Gasteiger partial charge < -0.3 is 10.6 Å². The van der Waals surface area contributed by atoms with Gasteiger partial charge in [0.05, 0.1) is 6.54 Å². The fourth-order valence-corrected chi connectivity index (χ4v) is 2.57. The molecule has 0 bridgehead atoms. The summed E-state index contributed by atoms with van der Waals surface area (Å²) in [5.74, 6) is 2.50. The molecular formula is C15H21N7O. The third-order valence-corrected chi connectivity index (χ3v) is 3.80. The molecule has 0 radical (unpaired) electrons. The maximum absolute atomic E-state index is 11.3. The van der Waals surface area contributed by atoms with Crippen LogP contribution in [-0.2, 0) is 4.79 Å². The summed E-state index contributed by atoms with van der Waals surface area (Å²) in [7, 11) is 0. The van der Waals surface area contributed by atoms with Gasteiger partial charge in [0.1, 0.15) is 11.6 Å². The van der Waals surface area contributed by atoms with E-state index in [2.05, 4.69) is 30.7 Å². The molecule has 3 heterocycles. The molecule has 0 aromatic carbocycles. The predicted molar refractivity (Wildman–Crippen MR) is 86.4 cm³/mol. The molecule has 2 aromatic rings. The number of anilines is 1. The van der Waals surface area contributed by atoms with Crippen LogP contribution in [0.15, 0.2) is 24.5 Å². The maximum Gasteiger partial charge on any atom is 0.234 e. The number of amides is 1. The van der Waals surface area contributed by atoms with Gasteiger partial charge in [0.2, 0.25) is 5.91 Å². The van der Waals surface area contributed by atoms with E-state index in [1.54, 1.807) is 6.20 Å². The number of nitrogens with one attached hydrogen (secondary N) is 2. The zero-order valence-electron chi connectivity index (χ0n) is 13.2. The number of carbonyl (C=O) groups is 1. The average Bonchev–Trinajstić information content (AvgIpc) is 2.98. The van der Waals surface area contributed by atoms with Crippen molar-refractivity contribution in [3.63, 3.8) is 0 Å². The average molecular weight is 315 g/mol. The minimum atomic E-state index is 0.112. The molecule has 23 heavy (non-hydrogen) atoms. The van der Waals surface area contributed by atoms with Crippen LogP contribution in [0.3, 0.4) is 0 Å². The van der Waals surface area contributed by atoms with Crippen molar-refractivity contribution in [3.8, 4) is 5.82 Å². The second-order valence-corrected chi connectivity index (χ2v) is 5.53. The molecule has 0 spiro atoms. The number of carbonyl (C=O) groups excluding carboxylic acids is 1. The quantitative estimate of drug-likeness (QED) is 0.741. The summed E-state index contributed by atoms with van der Waals surface area (Å²) in [6.07, 6.45) is 4.56. The SMILES string of the molecule is Cc1nccn1-c1ccc(NCCCN2CCNC(=O)C2)nn1. The number of nitrogens with zero attached hydrogens (tertiary/aromatic N) is 5. The van der Waals surface area contributed by atoms with Crippen molar-refractivity contribution >= 4 is 11.7 Å². The van der Waals surface area contributed by atoms with Crippen molar-refractivity contribution in [2.24, 2.45) is 0 Å². The van der Waals surface area contributed by atoms with Gasteiger partial charge in [0.15, 0.2) is 5.82 Å². The van der Waals surface area contributed by atoms with E-state index in [1.165, 1.54) is 0 Å². The van der Waals surface area contributed by atoms with E-state index >= 15 is 0 Å². The lowest BCUT2D eigenvalue weighted by atomic mass is 10.3. The van der Waals surface area contributed by atoms with E-state index in [1.807, 2.05) is 29.8 Å². The Bertz CT molecular complexity index is 652. The lowest BCUT2D eigenvalue weighted by Crippen LogP contribution is -2.47. The normalized spacial score (nSPS) is 15.4. The Morgan fingerprint density at radius 3 is 2.96 bits per heavy atom. The van der Waals surface area contributed by atoms with Crippen LogP contribution in [0, 0.1) is 6.92 Å². The van der Waals surface area contributed by atoms with Crippen LogP contribution in [0.25, 0.3) is 5.82 Å². The Kier molecular flexibility index (Phi) is 4.82. The monoisotopic (exact) mass is 315 g/mol. The number of aromatic nitrogens is 4. The molecule has 122 valence electrons. The molecule has 2 N–H and O–H groups in total. The molecule has 1 fully saturated rings. The second-order valence-electron chi connectivity index (χ2n) is 5.53. The molecule has 0 unspecified atom stereocenters. The van der Waals surface area contributed by atoms with E-state index in [9.17, 15) is 4.79 Å². The zero-order chi connectivity index (χ0) is 16.1. The highest BCUT2D eigenvalue weighted by Gasteiger charge is 2.14. The second kappa shape index (κ2) is 7.19. The number of rotatable bonds is 6. The van der Waals surface area contributed by atoms with Crippen LogP contribution in [0.5, 0.6) is 0 Å². The minimum Gasteiger partial charge on any atom is -0.369 e. The third kappa shape index (κ3) is 4.04. The molecule has 1 amide bonds. The maximum atomic E-state index is 11.3. The molecule has 3 rings (SSSR count). The molecule has 1 aliphatic rings. The summed E-state index contributed by atoms with van der Waals surface area (Å²) < 4.78 is 1.89. The standard InChI is InChI=1S/C15H21N7O/c1-12-16-7-10-22(12)14-4-3-13(19-20-14)17-5-2-8-21-9-6-18-15(23)11-21/h3-4,7,10H,2,5-6,8-9,11H2,1H3,(H,17,19)(H,18,23). The largest absolute Gasteiger partial charge is 0.369 e. The van der Waals surface area contributed by atoms with Gasteiger partial charge in [-0.05, 0) is 25.5 Å². The predicted octanol–water partition coefficient (Wildman–Crippen LogP) is 0.205. The first-order valence-corrected chi connectivity index (χ1v) is 7.79. The van der Waals surface area contributed by atoms with Crippen molar-refractivity contribution in [1.29, 1.82) is 0 Å². The van der Waals surface area contributed by atoms with Crippen LogP contribution in [-0.4, -0.2) is 63.3 Å². The van der Waals surface area contributed by atoms with Crippen LogP contribution in [0.2, 0.25) is 0 Å². The minimum absolute atomic E-state index is 0.112. The fraction of sp³-hybridized carbons (Fsp3) is 0.467. The number of aryl methyl sites for hydroxylation is 1. The number of hydrogen-bond donors (Lipinski definition) is 2. The Morgan fingerprint density at radius 2 is 2.26 bits per heavy atom. The van der Waals surface area contributed by atoms with E-state index in [0.717, 1.165) is 50.1 Å². The molecule has 8 heteroatoms. The van der Waals surface area contributed by atoms with E-state index < -0.39 is 0 Å². The lowest BCUT2D eigenvalue weighted by molar-refractivity contribution is -0.124. The van der Waals surface area contributed by atoms with Crippen molar-refractivity contribution in [2.45, 2.75) is 13.3 Å². The van der Waals surface area contributed by atoms with Crippen molar-refractivity contribution in [3.05, 3.63) is 30.4 Å². The summed E-state index contributed by atoms with van der Waals surface area (Å²) in [6.45, 7) is 5.79. The molecule has 0 aliphatic carbocycles. The summed E-state index contributed by atoms with van der Waals surface area (Å²) in [4.78, 5) is 17.6. The molecule has 0 saturated carbocycles. The highest BCUT2D eigenvalue weighted by Crippen LogP contribution is 2.08. The van der Waals surface area contributed by atoms with E-state index in [-0.39, 0.29) is 5.91 Å². The highest BCUT2D eigenvalue weighted by molar-refractivity contribution is 5.78. The smallest absolute Gasteiger partial charge is 0.234 e. The van der Waals surface area contributed by atoms with Gasteiger partial charge in [0, 0.05) is 38.6 Å². The Hall–Kier alpha value is -2.48. The van der Waals surface area contributed by atoms with Crippen molar-refractivity contribution in [2.75, 3.05) is 38.0 Å².